The van der Waals surface area contributed by atoms with Crippen LogP contribution in [-0.4, -0.2) is 14.9 Å². The van der Waals surface area contributed by atoms with Gasteiger partial charge in [-0.3, -0.25) is 0 Å². The summed E-state index contributed by atoms with van der Waals surface area (Å²) in [5.41, 5.74) is 1.03. The minimum Gasteiger partial charge on any atom is -0.356 e. The molecule has 0 radical (unpaired) electrons. The number of aromatic nitrogens is 2. The first-order valence-corrected chi connectivity index (χ1v) is 6.88. The number of hydrogen-bond donors (Lipinski definition) is 1. The monoisotopic (exact) mass is 311 g/mol. The lowest BCUT2D eigenvalue weighted by Gasteiger charge is -2.18. The number of halogens is 1. The van der Waals surface area contributed by atoms with E-state index in [-0.39, 0.29) is 5.54 Å². The van der Waals surface area contributed by atoms with E-state index in [0.29, 0.717) is 0 Å². The van der Waals surface area contributed by atoms with Crippen LogP contribution < -0.4 is 5.32 Å². The highest BCUT2D eigenvalue weighted by atomic mass is 79.9. The van der Waals surface area contributed by atoms with Gasteiger partial charge in [-0.2, -0.15) is 9.36 Å². The quantitative estimate of drug-likeness (QED) is 0.904. The Balaban J connectivity index is 2.24. The summed E-state index contributed by atoms with van der Waals surface area (Å²) in [5, 5.41) is 4.17. The Morgan fingerprint density at radius 1 is 1.29 bits per heavy atom. The Bertz CT molecular complexity index is 516. The molecule has 2 rings (SSSR count). The smallest absolute Gasteiger partial charge is 0.203 e. The van der Waals surface area contributed by atoms with E-state index in [1.807, 2.05) is 24.3 Å². The Labute approximate surface area is 114 Å². The summed E-state index contributed by atoms with van der Waals surface area (Å²) in [6.45, 7) is 6.31. The Morgan fingerprint density at radius 3 is 2.71 bits per heavy atom. The van der Waals surface area contributed by atoms with Gasteiger partial charge in [-0.1, -0.05) is 28.1 Å². The maximum Gasteiger partial charge on any atom is 0.203 e. The molecule has 0 unspecified atom stereocenters. The van der Waals surface area contributed by atoms with Gasteiger partial charge in [0, 0.05) is 27.1 Å². The summed E-state index contributed by atoms with van der Waals surface area (Å²) in [6.07, 6.45) is 0. The van der Waals surface area contributed by atoms with Crippen LogP contribution in [0.5, 0.6) is 0 Å². The SMILES string of the molecule is CC(C)(C)Nc1nc(-c2cccc(Br)c2)ns1. The molecule has 3 nitrogen and oxygen atoms in total. The number of rotatable bonds is 2. The van der Waals surface area contributed by atoms with Crippen LogP contribution in [0.25, 0.3) is 11.4 Å². The molecule has 5 heteroatoms. The van der Waals surface area contributed by atoms with Gasteiger partial charge in [-0.05, 0) is 32.9 Å². The van der Waals surface area contributed by atoms with Gasteiger partial charge in [0.25, 0.3) is 0 Å². The van der Waals surface area contributed by atoms with Crippen LogP contribution in [0.15, 0.2) is 28.7 Å². The predicted octanol–water partition coefficient (Wildman–Crippen LogP) is 4.18. The van der Waals surface area contributed by atoms with E-state index in [2.05, 4.69) is 51.4 Å². The van der Waals surface area contributed by atoms with Gasteiger partial charge in [0.2, 0.25) is 5.13 Å². The molecule has 0 saturated heterocycles. The second-order valence-electron chi connectivity index (χ2n) is 4.81. The minimum atomic E-state index is 0.00801. The van der Waals surface area contributed by atoms with Crippen LogP contribution in [-0.2, 0) is 0 Å². The van der Waals surface area contributed by atoms with Crippen molar-refractivity contribution in [1.29, 1.82) is 0 Å². The molecule has 0 fully saturated rings. The molecule has 90 valence electrons. The maximum absolute atomic E-state index is 4.48. The summed E-state index contributed by atoms with van der Waals surface area (Å²) in [5.74, 6) is 0.767. The first-order valence-electron chi connectivity index (χ1n) is 5.32. The standard InChI is InChI=1S/C12H14BrN3S/c1-12(2,3)15-11-14-10(16-17-11)8-5-4-6-9(13)7-8/h4-7H,1-3H3,(H,14,15,16). The fraction of sp³-hybridized carbons (Fsp3) is 0.333. The zero-order chi connectivity index (χ0) is 12.5. The summed E-state index contributed by atoms with van der Waals surface area (Å²) in [7, 11) is 0. The van der Waals surface area contributed by atoms with Crippen molar-refractivity contribution in [3.63, 3.8) is 0 Å². The lowest BCUT2D eigenvalue weighted by Crippen LogP contribution is -2.25. The van der Waals surface area contributed by atoms with E-state index in [4.69, 9.17) is 0 Å². The molecule has 0 amide bonds. The lowest BCUT2D eigenvalue weighted by molar-refractivity contribution is 0.633. The van der Waals surface area contributed by atoms with Gasteiger partial charge in [-0.25, -0.2) is 0 Å². The van der Waals surface area contributed by atoms with Gasteiger partial charge >= 0.3 is 0 Å². The average molecular weight is 312 g/mol. The van der Waals surface area contributed by atoms with Crippen molar-refractivity contribution in [2.45, 2.75) is 26.3 Å². The molecule has 0 aliphatic carbocycles. The van der Waals surface area contributed by atoms with Gasteiger partial charge in [0.15, 0.2) is 5.82 Å². The number of anilines is 1. The van der Waals surface area contributed by atoms with Crippen molar-refractivity contribution in [2.75, 3.05) is 5.32 Å². The van der Waals surface area contributed by atoms with Crippen molar-refractivity contribution in [3.05, 3.63) is 28.7 Å². The van der Waals surface area contributed by atoms with Gasteiger partial charge < -0.3 is 5.32 Å². The normalized spacial score (nSPS) is 11.5. The number of nitrogens with one attached hydrogen (secondary N) is 1. The zero-order valence-corrected chi connectivity index (χ0v) is 12.4. The first kappa shape index (κ1) is 12.5. The molecule has 0 bridgehead atoms. The number of hydrogen-bond acceptors (Lipinski definition) is 4. The molecule has 1 aromatic heterocycles. The number of nitrogens with zero attached hydrogens (tertiary/aromatic N) is 2. The Kier molecular flexibility index (Phi) is 3.49. The topological polar surface area (TPSA) is 37.8 Å². The third-order valence-corrected chi connectivity index (χ3v) is 3.11. The van der Waals surface area contributed by atoms with E-state index >= 15 is 0 Å². The molecular weight excluding hydrogens is 298 g/mol. The highest BCUT2D eigenvalue weighted by Gasteiger charge is 2.13. The fourth-order valence-electron chi connectivity index (χ4n) is 1.34. The Morgan fingerprint density at radius 2 is 2.06 bits per heavy atom. The highest BCUT2D eigenvalue weighted by molar-refractivity contribution is 9.10. The van der Waals surface area contributed by atoms with Crippen LogP contribution in [0, 0.1) is 0 Å². The molecule has 2 aromatic rings. The molecule has 1 heterocycles. The first-order chi connectivity index (χ1) is 7.94. The molecule has 1 N–H and O–H groups in total. The van der Waals surface area contributed by atoms with E-state index < -0.39 is 0 Å². The van der Waals surface area contributed by atoms with E-state index in [1.165, 1.54) is 11.5 Å². The largest absolute Gasteiger partial charge is 0.356 e. The lowest BCUT2D eigenvalue weighted by atomic mass is 10.1. The molecule has 0 aliphatic rings. The van der Waals surface area contributed by atoms with Gasteiger partial charge in [-0.15, -0.1) is 0 Å². The van der Waals surface area contributed by atoms with E-state index in [0.717, 1.165) is 21.0 Å². The third-order valence-electron chi connectivity index (χ3n) is 1.99. The summed E-state index contributed by atoms with van der Waals surface area (Å²) < 4.78 is 5.40. The summed E-state index contributed by atoms with van der Waals surface area (Å²) in [6, 6.07) is 8.00. The van der Waals surface area contributed by atoms with Crippen LogP contribution in [0.2, 0.25) is 0 Å². The molecule has 0 saturated carbocycles. The van der Waals surface area contributed by atoms with E-state index in [1.54, 1.807) is 0 Å². The predicted molar refractivity (Wildman–Crippen MR) is 76.4 cm³/mol. The minimum absolute atomic E-state index is 0.00801. The van der Waals surface area contributed by atoms with Gasteiger partial charge in [0.05, 0.1) is 0 Å². The second kappa shape index (κ2) is 4.74. The molecule has 0 aliphatic heterocycles. The fourth-order valence-corrected chi connectivity index (χ4v) is 2.54. The summed E-state index contributed by atoms with van der Waals surface area (Å²) in [4.78, 5) is 4.48. The number of benzene rings is 1. The van der Waals surface area contributed by atoms with Crippen LogP contribution in [0.1, 0.15) is 20.8 Å². The highest BCUT2D eigenvalue weighted by Crippen LogP contribution is 2.25. The van der Waals surface area contributed by atoms with Crippen LogP contribution in [0.3, 0.4) is 0 Å². The summed E-state index contributed by atoms with van der Waals surface area (Å²) >= 11 is 4.84. The van der Waals surface area contributed by atoms with Crippen molar-refractivity contribution in [2.24, 2.45) is 0 Å². The van der Waals surface area contributed by atoms with E-state index in [9.17, 15) is 0 Å². The molecule has 17 heavy (non-hydrogen) atoms. The maximum atomic E-state index is 4.48. The van der Waals surface area contributed by atoms with Gasteiger partial charge in [0.1, 0.15) is 0 Å². The average Bonchev–Trinajstić information content (AvgIpc) is 2.63. The Hall–Kier alpha value is -0.940. The molecule has 0 atom stereocenters. The molecule has 0 spiro atoms. The van der Waals surface area contributed by atoms with Crippen molar-refractivity contribution < 1.29 is 0 Å². The van der Waals surface area contributed by atoms with Crippen LogP contribution >= 0.6 is 27.5 Å². The molecular formula is C12H14BrN3S. The van der Waals surface area contributed by atoms with Crippen molar-refractivity contribution in [3.8, 4) is 11.4 Å². The second-order valence-corrected chi connectivity index (χ2v) is 6.48. The van der Waals surface area contributed by atoms with Crippen molar-refractivity contribution in [1.82, 2.24) is 9.36 Å². The third kappa shape index (κ3) is 3.51. The van der Waals surface area contributed by atoms with Crippen molar-refractivity contribution >= 4 is 32.6 Å². The zero-order valence-electron chi connectivity index (χ0n) is 9.99. The van der Waals surface area contributed by atoms with Crippen LogP contribution in [0.4, 0.5) is 5.13 Å². The molecule has 1 aromatic carbocycles.